The van der Waals surface area contributed by atoms with Gasteiger partial charge in [-0.1, -0.05) is 0 Å². The first kappa shape index (κ1) is 11.3. The Kier molecular flexibility index (Phi) is 2.56. The Morgan fingerprint density at radius 3 is 2.88 bits per heavy atom. The molecule has 1 aliphatic carbocycles. The van der Waals surface area contributed by atoms with E-state index in [9.17, 15) is 0 Å². The largest absolute Gasteiger partial charge is 0.383 e. The van der Waals surface area contributed by atoms with Crippen LogP contribution in [0.1, 0.15) is 38.2 Å². The van der Waals surface area contributed by atoms with Crippen LogP contribution >= 0.6 is 11.5 Å². The van der Waals surface area contributed by atoms with E-state index in [4.69, 9.17) is 10.5 Å². The van der Waals surface area contributed by atoms with Crippen LogP contribution in [0.4, 0.5) is 10.8 Å². The molecular formula is C12H19N3OS. The Balaban J connectivity index is 1.97. The molecule has 1 aliphatic heterocycles. The lowest BCUT2D eigenvalue weighted by Crippen LogP contribution is -2.53. The predicted octanol–water partition coefficient (Wildman–Crippen LogP) is 2.22. The standard InChI is InChI=1S/C12H19N3OS/c1-12(2)7-16-6-5-15(12)11-9(8-3-4-8)10(13)14-17-11/h8H,3-7H2,1-2H3,(H2,13,14). The lowest BCUT2D eigenvalue weighted by molar-refractivity contribution is 0.0647. The van der Waals surface area contributed by atoms with E-state index in [0.717, 1.165) is 25.6 Å². The highest BCUT2D eigenvalue weighted by molar-refractivity contribution is 7.10. The molecule has 1 aromatic heterocycles. The number of aromatic nitrogens is 1. The fraction of sp³-hybridized carbons (Fsp3) is 0.750. The van der Waals surface area contributed by atoms with Gasteiger partial charge in [-0.25, -0.2) is 0 Å². The zero-order chi connectivity index (χ0) is 12.0. The SMILES string of the molecule is CC1(C)COCCN1c1snc(N)c1C1CC1. The molecule has 5 heteroatoms. The van der Waals surface area contributed by atoms with Crippen LogP contribution in [0.5, 0.6) is 0 Å². The Bertz CT molecular complexity index is 425. The topological polar surface area (TPSA) is 51.4 Å². The van der Waals surface area contributed by atoms with Gasteiger partial charge in [0.05, 0.1) is 18.8 Å². The van der Waals surface area contributed by atoms with Crippen molar-refractivity contribution in [1.82, 2.24) is 4.37 Å². The van der Waals surface area contributed by atoms with Crippen LogP contribution in [0.2, 0.25) is 0 Å². The second kappa shape index (κ2) is 3.85. The molecule has 1 aromatic rings. The van der Waals surface area contributed by atoms with Crippen LogP contribution < -0.4 is 10.6 Å². The van der Waals surface area contributed by atoms with Gasteiger partial charge >= 0.3 is 0 Å². The predicted molar refractivity (Wildman–Crippen MR) is 70.7 cm³/mol. The van der Waals surface area contributed by atoms with Gasteiger partial charge in [-0.3, -0.25) is 0 Å². The summed E-state index contributed by atoms with van der Waals surface area (Å²) in [6, 6.07) is 0. The monoisotopic (exact) mass is 253 g/mol. The van der Waals surface area contributed by atoms with E-state index in [-0.39, 0.29) is 5.54 Å². The van der Waals surface area contributed by atoms with Crippen molar-refractivity contribution in [2.45, 2.75) is 38.1 Å². The quantitative estimate of drug-likeness (QED) is 0.878. The summed E-state index contributed by atoms with van der Waals surface area (Å²) in [5.41, 5.74) is 7.36. The van der Waals surface area contributed by atoms with Gasteiger partial charge in [0.15, 0.2) is 0 Å². The number of nitrogens with zero attached hydrogens (tertiary/aromatic N) is 2. The van der Waals surface area contributed by atoms with Gasteiger partial charge in [0.25, 0.3) is 0 Å². The first-order valence-corrected chi connectivity index (χ1v) is 6.97. The van der Waals surface area contributed by atoms with Crippen LogP contribution in [-0.4, -0.2) is 29.7 Å². The van der Waals surface area contributed by atoms with Gasteiger partial charge < -0.3 is 15.4 Å². The number of hydrogen-bond donors (Lipinski definition) is 1. The average Bonchev–Trinajstić information content (AvgIpc) is 3.03. The second-order valence-corrected chi connectivity index (χ2v) is 6.33. The molecule has 2 heterocycles. The average molecular weight is 253 g/mol. The third kappa shape index (κ3) is 1.91. The number of ether oxygens (including phenoxy) is 1. The molecule has 2 N–H and O–H groups in total. The summed E-state index contributed by atoms with van der Waals surface area (Å²) >= 11 is 1.55. The number of nitrogens with two attached hydrogens (primary N) is 1. The molecule has 4 nitrogen and oxygen atoms in total. The molecule has 0 aromatic carbocycles. The number of rotatable bonds is 2. The molecule has 2 aliphatic rings. The van der Waals surface area contributed by atoms with Crippen LogP contribution in [0.3, 0.4) is 0 Å². The van der Waals surface area contributed by atoms with Crippen molar-refractivity contribution < 1.29 is 4.74 Å². The van der Waals surface area contributed by atoms with Crippen molar-refractivity contribution in [2.75, 3.05) is 30.4 Å². The van der Waals surface area contributed by atoms with Crippen molar-refractivity contribution in [3.05, 3.63) is 5.56 Å². The van der Waals surface area contributed by atoms with Crippen LogP contribution in [0, 0.1) is 0 Å². The summed E-state index contributed by atoms with van der Waals surface area (Å²) in [6.07, 6.45) is 2.53. The summed E-state index contributed by atoms with van der Waals surface area (Å²) < 4.78 is 9.93. The maximum absolute atomic E-state index is 6.02. The molecule has 1 saturated carbocycles. The van der Waals surface area contributed by atoms with Gasteiger partial charge in [-0.2, -0.15) is 4.37 Å². The fourth-order valence-electron chi connectivity index (χ4n) is 2.49. The van der Waals surface area contributed by atoms with Crippen molar-refractivity contribution in [1.29, 1.82) is 0 Å². The Hall–Kier alpha value is -0.810. The molecule has 17 heavy (non-hydrogen) atoms. The number of morpholine rings is 1. The van der Waals surface area contributed by atoms with E-state index in [2.05, 4.69) is 23.1 Å². The molecule has 0 amide bonds. The first-order valence-electron chi connectivity index (χ1n) is 6.20. The molecule has 3 rings (SSSR count). The van der Waals surface area contributed by atoms with E-state index >= 15 is 0 Å². The molecule has 0 bridgehead atoms. The minimum Gasteiger partial charge on any atom is -0.383 e. The Morgan fingerprint density at radius 1 is 1.47 bits per heavy atom. The summed E-state index contributed by atoms with van der Waals surface area (Å²) in [6.45, 7) is 6.95. The van der Waals surface area contributed by atoms with E-state index in [0.29, 0.717) is 5.92 Å². The van der Waals surface area contributed by atoms with E-state index in [1.165, 1.54) is 23.4 Å². The van der Waals surface area contributed by atoms with E-state index in [1.54, 1.807) is 11.5 Å². The summed E-state index contributed by atoms with van der Waals surface area (Å²) in [5.74, 6) is 1.40. The molecular weight excluding hydrogens is 234 g/mol. The van der Waals surface area contributed by atoms with Gasteiger partial charge in [-0.15, -0.1) is 0 Å². The summed E-state index contributed by atoms with van der Waals surface area (Å²) in [5, 5.41) is 1.28. The number of nitrogen functional groups attached to an aromatic ring is 1. The van der Waals surface area contributed by atoms with E-state index < -0.39 is 0 Å². The highest BCUT2D eigenvalue weighted by Gasteiger charge is 2.38. The third-order valence-electron chi connectivity index (χ3n) is 3.61. The van der Waals surface area contributed by atoms with Gasteiger partial charge in [0.2, 0.25) is 0 Å². The molecule has 0 radical (unpaired) electrons. The molecule has 0 spiro atoms. The molecule has 94 valence electrons. The lowest BCUT2D eigenvalue weighted by Gasteiger charge is -2.43. The minimum absolute atomic E-state index is 0.0425. The Morgan fingerprint density at radius 2 is 2.24 bits per heavy atom. The van der Waals surface area contributed by atoms with E-state index in [1.807, 2.05) is 0 Å². The molecule has 2 fully saturated rings. The second-order valence-electron chi connectivity index (χ2n) is 5.58. The van der Waals surface area contributed by atoms with Crippen molar-refractivity contribution in [3.63, 3.8) is 0 Å². The van der Waals surface area contributed by atoms with Crippen molar-refractivity contribution in [2.24, 2.45) is 0 Å². The zero-order valence-corrected chi connectivity index (χ0v) is 11.2. The van der Waals surface area contributed by atoms with Gasteiger partial charge in [-0.05, 0) is 44.1 Å². The molecule has 0 atom stereocenters. The molecule has 1 saturated heterocycles. The lowest BCUT2D eigenvalue weighted by atomic mass is 10.0. The zero-order valence-electron chi connectivity index (χ0n) is 10.4. The van der Waals surface area contributed by atoms with Crippen LogP contribution in [0.15, 0.2) is 0 Å². The fourth-order valence-corrected chi connectivity index (χ4v) is 3.58. The highest BCUT2D eigenvalue weighted by Crippen LogP contribution is 2.50. The maximum atomic E-state index is 6.02. The van der Waals surface area contributed by atoms with Gasteiger partial charge in [0, 0.05) is 12.1 Å². The third-order valence-corrected chi connectivity index (χ3v) is 4.51. The van der Waals surface area contributed by atoms with Crippen molar-refractivity contribution >= 4 is 22.4 Å². The minimum atomic E-state index is 0.0425. The van der Waals surface area contributed by atoms with Crippen LogP contribution in [0.25, 0.3) is 0 Å². The normalized spacial score (nSPS) is 24.0. The first-order chi connectivity index (χ1) is 8.09. The molecule has 0 unspecified atom stereocenters. The maximum Gasteiger partial charge on any atom is 0.142 e. The highest BCUT2D eigenvalue weighted by atomic mass is 32.1. The van der Waals surface area contributed by atoms with Gasteiger partial charge in [0.1, 0.15) is 10.8 Å². The number of hydrogen-bond acceptors (Lipinski definition) is 5. The van der Waals surface area contributed by atoms with Crippen molar-refractivity contribution in [3.8, 4) is 0 Å². The smallest absolute Gasteiger partial charge is 0.142 e. The number of anilines is 2. The van der Waals surface area contributed by atoms with Crippen LogP contribution in [-0.2, 0) is 4.74 Å². The summed E-state index contributed by atoms with van der Waals surface area (Å²) in [7, 11) is 0. The summed E-state index contributed by atoms with van der Waals surface area (Å²) in [4.78, 5) is 2.43. The Labute approximate surface area is 106 Å².